The van der Waals surface area contributed by atoms with Crippen LogP contribution in [0.15, 0.2) is 48.7 Å². The lowest BCUT2D eigenvalue weighted by molar-refractivity contribution is 0.122. The van der Waals surface area contributed by atoms with Gasteiger partial charge in [0.1, 0.15) is 5.82 Å². The first-order valence-corrected chi connectivity index (χ1v) is 10.7. The number of aromatic nitrogens is 1. The molecule has 0 spiro atoms. The molecule has 0 atom stereocenters. The third-order valence-electron chi connectivity index (χ3n) is 5.81. The van der Waals surface area contributed by atoms with Crippen LogP contribution in [0.25, 0.3) is 0 Å². The Morgan fingerprint density at radius 3 is 2.52 bits per heavy atom. The van der Waals surface area contributed by atoms with Gasteiger partial charge in [-0.1, -0.05) is 49.6 Å². The molecule has 0 bridgehead atoms. The fraction of sp³-hybridized carbons (Fsp3) is 0.478. The molecule has 6 nitrogen and oxygen atoms in total. The summed E-state index contributed by atoms with van der Waals surface area (Å²) in [6.45, 7) is 3.80. The molecule has 6 heteroatoms. The number of pyridine rings is 1. The van der Waals surface area contributed by atoms with Crippen LogP contribution in [0, 0.1) is 0 Å². The van der Waals surface area contributed by atoms with Crippen LogP contribution < -0.4 is 10.2 Å². The number of nitrogens with zero attached hydrogens (tertiary/aromatic N) is 3. The van der Waals surface area contributed by atoms with Crippen LogP contribution in [-0.4, -0.2) is 48.3 Å². The number of hydrogen-bond acceptors (Lipinski definition) is 4. The Hall–Kier alpha value is -2.60. The lowest BCUT2D eigenvalue weighted by Crippen LogP contribution is -2.43. The van der Waals surface area contributed by atoms with Crippen LogP contribution >= 0.6 is 0 Å². The molecule has 1 N–H and O–H groups in total. The fourth-order valence-electron chi connectivity index (χ4n) is 4.17. The molecule has 1 aromatic carbocycles. The number of rotatable bonds is 5. The van der Waals surface area contributed by atoms with E-state index in [1.165, 1.54) is 19.3 Å². The summed E-state index contributed by atoms with van der Waals surface area (Å²) in [5.41, 5.74) is 1.90. The molecule has 1 aromatic heterocycles. The number of anilines is 2. The van der Waals surface area contributed by atoms with Crippen molar-refractivity contribution in [3.8, 4) is 0 Å². The van der Waals surface area contributed by atoms with Gasteiger partial charge in [0.25, 0.3) is 0 Å². The zero-order chi connectivity index (χ0) is 19.9. The summed E-state index contributed by atoms with van der Waals surface area (Å²) in [5.74, 6) is 0.930. The molecule has 2 aromatic rings. The monoisotopic (exact) mass is 394 g/mol. The van der Waals surface area contributed by atoms with Gasteiger partial charge in [-0.05, 0) is 30.5 Å². The third-order valence-corrected chi connectivity index (χ3v) is 5.81. The van der Waals surface area contributed by atoms with Gasteiger partial charge in [-0.25, -0.2) is 9.78 Å². The van der Waals surface area contributed by atoms with E-state index in [-0.39, 0.29) is 6.03 Å². The van der Waals surface area contributed by atoms with Crippen LogP contribution in [0.5, 0.6) is 0 Å². The van der Waals surface area contributed by atoms with Crippen LogP contribution in [0.2, 0.25) is 0 Å². The van der Waals surface area contributed by atoms with Crippen molar-refractivity contribution in [2.24, 2.45) is 0 Å². The largest absolute Gasteiger partial charge is 0.378 e. The number of urea groups is 1. The van der Waals surface area contributed by atoms with Crippen molar-refractivity contribution in [3.63, 3.8) is 0 Å². The van der Waals surface area contributed by atoms with Crippen LogP contribution in [0.3, 0.4) is 0 Å². The van der Waals surface area contributed by atoms with E-state index in [0.717, 1.165) is 56.2 Å². The van der Waals surface area contributed by atoms with Crippen molar-refractivity contribution >= 4 is 17.5 Å². The summed E-state index contributed by atoms with van der Waals surface area (Å²) < 4.78 is 5.40. The Labute approximate surface area is 172 Å². The van der Waals surface area contributed by atoms with Crippen molar-refractivity contribution in [1.29, 1.82) is 0 Å². The van der Waals surface area contributed by atoms with E-state index >= 15 is 0 Å². The van der Waals surface area contributed by atoms with E-state index in [0.29, 0.717) is 12.6 Å². The Bertz CT molecular complexity index is 769. The van der Waals surface area contributed by atoms with Crippen molar-refractivity contribution < 1.29 is 9.53 Å². The number of carbonyl (C=O) groups is 1. The van der Waals surface area contributed by atoms with E-state index in [4.69, 9.17) is 4.74 Å². The van der Waals surface area contributed by atoms with Gasteiger partial charge in [0, 0.05) is 25.7 Å². The predicted octanol–water partition coefficient (Wildman–Crippen LogP) is 4.29. The highest BCUT2D eigenvalue weighted by Crippen LogP contribution is 2.25. The minimum absolute atomic E-state index is 0.0401. The summed E-state index contributed by atoms with van der Waals surface area (Å²) >= 11 is 0. The Kier molecular flexibility index (Phi) is 6.62. The van der Waals surface area contributed by atoms with Gasteiger partial charge in [-0.2, -0.15) is 0 Å². The minimum Gasteiger partial charge on any atom is -0.378 e. The molecule has 2 heterocycles. The average molecular weight is 395 g/mol. The Morgan fingerprint density at radius 2 is 1.83 bits per heavy atom. The minimum atomic E-state index is -0.0401. The molecule has 1 saturated carbocycles. The lowest BCUT2D eigenvalue weighted by atomic mass is 9.94. The van der Waals surface area contributed by atoms with Crippen LogP contribution in [-0.2, 0) is 11.3 Å². The number of morpholine rings is 1. The standard InChI is InChI=1S/C23H30N4O2/c28-23(25-20-11-12-22(24-17-20)26-13-15-29-16-14-26)27(21-9-5-2-6-10-21)18-19-7-3-1-4-8-19/h1,3-4,7-8,11-12,17,21H,2,5-6,9-10,13-16,18H2,(H,25,28). The molecule has 1 saturated heterocycles. The summed E-state index contributed by atoms with van der Waals surface area (Å²) in [4.78, 5) is 21.9. The molecule has 0 radical (unpaired) electrons. The first-order valence-electron chi connectivity index (χ1n) is 10.7. The topological polar surface area (TPSA) is 57.7 Å². The number of nitrogens with one attached hydrogen (secondary N) is 1. The second-order valence-corrected chi connectivity index (χ2v) is 7.84. The number of amides is 2. The first kappa shape index (κ1) is 19.7. The first-order chi connectivity index (χ1) is 14.3. The highest BCUT2D eigenvalue weighted by Gasteiger charge is 2.26. The molecular formula is C23H30N4O2. The highest BCUT2D eigenvalue weighted by molar-refractivity contribution is 5.89. The lowest BCUT2D eigenvalue weighted by Gasteiger charge is -2.34. The third kappa shape index (κ3) is 5.26. The molecule has 0 unspecified atom stereocenters. The molecular weight excluding hydrogens is 364 g/mol. The van der Waals surface area contributed by atoms with Crippen LogP contribution in [0.4, 0.5) is 16.3 Å². The van der Waals surface area contributed by atoms with E-state index in [9.17, 15) is 4.79 Å². The average Bonchev–Trinajstić information content (AvgIpc) is 2.80. The zero-order valence-corrected chi connectivity index (χ0v) is 16.9. The summed E-state index contributed by atoms with van der Waals surface area (Å²) in [6, 6.07) is 14.4. The van der Waals surface area contributed by atoms with Crippen molar-refractivity contribution in [1.82, 2.24) is 9.88 Å². The Balaban J connectivity index is 1.43. The van der Waals surface area contributed by atoms with Crippen molar-refractivity contribution in [2.45, 2.75) is 44.7 Å². The molecule has 29 heavy (non-hydrogen) atoms. The van der Waals surface area contributed by atoms with Crippen molar-refractivity contribution in [2.75, 3.05) is 36.5 Å². The highest BCUT2D eigenvalue weighted by atomic mass is 16.5. The molecule has 2 aliphatic rings. The molecule has 1 aliphatic heterocycles. The van der Waals surface area contributed by atoms with E-state index in [2.05, 4.69) is 27.3 Å². The number of benzene rings is 1. The van der Waals surface area contributed by atoms with Gasteiger partial charge in [0.2, 0.25) is 0 Å². The molecule has 2 fully saturated rings. The van der Waals surface area contributed by atoms with E-state index < -0.39 is 0 Å². The number of ether oxygens (including phenoxy) is 1. The van der Waals surface area contributed by atoms with Crippen LogP contribution in [0.1, 0.15) is 37.7 Å². The zero-order valence-electron chi connectivity index (χ0n) is 16.9. The quantitative estimate of drug-likeness (QED) is 0.822. The number of hydrogen-bond donors (Lipinski definition) is 1. The number of carbonyl (C=O) groups excluding carboxylic acids is 1. The van der Waals surface area contributed by atoms with E-state index in [1.54, 1.807) is 6.20 Å². The molecule has 1 aliphatic carbocycles. The maximum Gasteiger partial charge on any atom is 0.322 e. The molecule has 2 amide bonds. The molecule has 154 valence electrons. The summed E-state index contributed by atoms with van der Waals surface area (Å²) in [6.07, 6.45) is 7.56. The summed E-state index contributed by atoms with van der Waals surface area (Å²) in [5, 5.41) is 3.07. The fourth-order valence-corrected chi connectivity index (χ4v) is 4.17. The predicted molar refractivity (Wildman–Crippen MR) is 115 cm³/mol. The molecule has 4 rings (SSSR count). The van der Waals surface area contributed by atoms with Gasteiger partial charge >= 0.3 is 6.03 Å². The smallest absolute Gasteiger partial charge is 0.322 e. The SMILES string of the molecule is O=C(Nc1ccc(N2CCOCC2)nc1)N(Cc1ccccc1)C1CCCCC1. The van der Waals surface area contributed by atoms with Gasteiger partial charge in [-0.3, -0.25) is 0 Å². The normalized spacial score (nSPS) is 17.7. The second kappa shape index (κ2) is 9.74. The van der Waals surface area contributed by atoms with Gasteiger partial charge in [-0.15, -0.1) is 0 Å². The maximum absolute atomic E-state index is 13.2. The van der Waals surface area contributed by atoms with Gasteiger partial charge < -0.3 is 19.9 Å². The Morgan fingerprint density at radius 1 is 1.07 bits per heavy atom. The summed E-state index contributed by atoms with van der Waals surface area (Å²) in [7, 11) is 0. The van der Waals surface area contributed by atoms with Crippen molar-refractivity contribution in [3.05, 3.63) is 54.2 Å². The van der Waals surface area contributed by atoms with E-state index in [1.807, 2.05) is 35.2 Å². The second-order valence-electron chi connectivity index (χ2n) is 7.84. The van der Waals surface area contributed by atoms with Gasteiger partial charge in [0.05, 0.1) is 25.1 Å². The maximum atomic E-state index is 13.2. The van der Waals surface area contributed by atoms with Gasteiger partial charge in [0.15, 0.2) is 0 Å².